The summed E-state index contributed by atoms with van der Waals surface area (Å²) in [5, 5.41) is 2.26. The lowest BCUT2D eigenvalue weighted by atomic mass is 10.1. The average Bonchev–Trinajstić information content (AvgIpc) is 2.58. The van der Waals surface area contributed by atoms with Gasteiger partial charge in [0.1, 0.15) is 11.5 Å². The number of hydrogen-bond acceptors (Lipinski definition) is 2. The molecule has 2 rings (SSSR count). The predicted octanol–water partition coefficient (Wildman–Crippen LogP) is 6.89. The van der Waals surface area contributed by atoms with Gasteiger partial charge in [0.15, 0.2) is 0 Å². The second kappa shape index (κ2) is 10.6. The second-order valence-corrected chi connectivity index (χ2v) is 7.31. The summed E-state index contributed by atoms with van der Waals surface area (Å²) in [6.07, 6.45) is 7.39. The number of alkyl halides is 1. The van der Waals surface area contributed by atoms with Crippen LogP contribution in [0.3, 0.4) is 0 Å². The fraction of sp³-hybridized carbons (Fsp3) is 0.545. The van der Waals surface area contributed by atoms with E-state index in [1.54, 1.807) is 0 Å². The Morgan fingerprint density at radius 1 is 0.840 bits per heavy atom. The molecule has 0 radical (unpaired) electrons. The molecule has 2 aromatic rings. The monoisotopic (exact) mass is 362 g/mol. The molecule has 0 heterocycles. The van der Waals surface area contributed by atoms with Crippen molar-refractivity contribution in [3.63, 3.8) is 0 Å². The average molecular weight is 363 g/mol. The molecule has 0 aliphatic rings. The van der Waals surface area contributed by atoms with Crippen LogP contribution < -0.4 is 9.47 Å². The first kappa shape index (κ1) is 19.9. The van der Waals surface area contributed by atoms with Gasteiger partial charge in [0.25, 0.3) is 0 Å². The van der Waals surface area contributed by atoms with Gasteiger partial charge in [-0.2, -0.15) is 0 Å². The highest BCUT2D eigenvalue weighted by molar-refractivity contribution is 6.17. The van der Waals surface area contributed by atoms with Gasteiger partial charge in [-0.25, -0.2) is 0 Å². The Morgan fingerprint density at radius 3 is 2.24 bits per heavy atom. The van der Waals surface area contributed by atoms with Gasteiger partial charge in [0, 0.05) is 16.7 Å². The van der Waals surface area contributed by atoms with Crippen LogP contribution >= 0.6 is 11.6 Å². The lowest BCUT2D eigenvalue weighted by Crippen LogP contribution is -2.06. The van der Waals surface area contributed by atoms with Gasteiger partial charge >= 0.3 is 0 Å². The van der Waals surface area contributed by atoms with E-state index in [2.05, 4.69) is 39.0 Å². The van der Waals surface area contributed by atoms with Gasteiger partial charge in [-0.3, -0.25) is 0 Å². The Bertz CT molecular complexity index is 652. The minimum atomic E-state index is 0.162. The van der Waals surface area contributed by atoms with Crippen LogP contribution in [-0.4, -0.2) is 18.6 Å². The van der Waals surface area contributed by atoms with Crippen molar-refractivity contribution in [3.8, 4) is 11.5 Å². The maximum atomic E-state index is 6.09. The molecule has 0 spiro atoms. The van der Waals surface area contributed by atoms with E-state index in [0.717, 1.165) is 47.6 Å². The second-order valence-electron chi connectivity index (χ2n) is 6.94. The number of fused-ring (bicyclic) bond motifs is 1. The van der Waals surface area contributed by atoms with Crippen molar-refractivity contribution in [2.75, 3.05) is 12.5 Å². The maximum Gasteiger partial charge on any atom is 0.127 e. The molecule has 0 fully saturated rings. The Balaban J connectivity index is 1.95. The summed E-state index contributed by atoms with van der Waals surface area (Å²) in [5.74, 6) is 2.67. The summed E-state index contributed by atoms with van der Waals surface area (Å²) < 4.78 is 12.0. The molecule has 0 saturated heterocycles. The maximum absolute atomic E-state index is 6.09. The zero-order valence-electron chi connectivity index (χ0n) is 15.8. The number of rotatable bonds is 11. The molecule has 0 bridgehead atoms. The van der Waals surface area contributed by atoms with E-state index in [0.29, 0.717) is 0 Å². The van der Waals surface area contributed by atoms with Crippen molar-refractivity contribution >= 4 is 22.4 Å². The summed E-state index contributed by atoms with van der Waals surface area (Å²) >= 11 is 5.70. The summed E-state index contributed by atoms with van der Waals surface area (Å²) in [4.78, 5) is 0. The number of ether oxygens (including phenoxy) is 2. The SMILES string of the molecule is Cc1ccc2c(OC(C)C)ccc(OCCCCCCCCCl)c2c1. The lowest BCUT2D eigenvalue weighted by Gasteiger charge is -2.16. The summed E-state index contributed by atoms with van der Waals surface area (Å²) in [6.45, 7) is 6.98. The molecule has 0 N–H and O–H groups in total. The van der Waals surface area contributed by atoms with Gasteiger partial charge in [-0.15, -0.1) is 11.6 Å². The lowest BCUT2D eigenvalue weighted by molar-refractivity contribution is 0.245. The third-order valence-electron chi connectivity index (χ3n) is 4.24. The van der Waals surface area contributed by atoms with E-state index in [9.17, 15) is 0 Å². The van der Waals surface area contributed by atoms with Crippen LogP contribution in [0.1, 0.15) is 57.9 Å². The van der Waals surface area contributed by atoms with Crippen molar-refractivity contribution < 1.29 is 9.47 Å². The molecular weight excluding hydrogens is 332 g/mol. The molecule has 0 aromatic heterocycles. The number of unbranched alkanes of at least 4 members (excludes halogenated alkanes) is 5. The van der Waals surface area contributed by atoms with Crippen molar-refractivity contribution in [1.82, 2.24) is 0 Å². The van der Waals surface area contributed by atoms with E-state index in [1.807, 2.05) is 12.1 Å². The van der Waals surface area contributed by atoms with Gasteiger partial charge in [-0.05, 0) is 51.8 Å². The molecule has 0 atom stereocenters. The molecule has 138 valence electrons. The highest BCUT2D eigenvalue weighted by Crippen LogP contribution is 2.34. The minimum Gasteiger partial charge on any atom is -0.493 e. The molecule has 0 saturated carbocycles. The van der Waals surface area contributed by atoms with E-state index >= 15 is 0 Å². The Hall–Kier alpha value is -1.41. The number of aryl methyl sites for hydroxylation is 1. The molecule has 0 aliphatic carbocycles. The molecule has 0 unspecified atom stereocenters. The van der Waals surface area contributed by atoms with E-state index in [1.165, 1.54) is 31.2 Å². The first-order chi connectivity index (χ1) is 12.1. The Labute approximate surface area is 157 Å². The summed E-state index contributed by atoms with van der Waals surface area (Å²) in [5.41, 5.74) is 1.23. The van der Waals surface area contributed by atoms with E-state index in [-0.39, 0.29) is 6.10 Å². The fourth-order valence-corrected chi connectivity index (χ4v) is 3.17. The molecule has 0 amide bonds. The molecule has 2 nitrogen and oxygen atoms in total. The molecule has 25 heavy (non-hydrogen) atoms. The predicted molar refractivity (Wildman–Crippen MR) is 108 cm³/mol. The number of halogens is 1. The first-order valence-corrected chi connectivity index (χ1v) is 10.0. The van der Waals surface area contributed by atoms with Crippen LogP contribution in [-0.2, 0) is 0 Å². The molecule has 0 aliphatic heterocycles. The van der Waals surface area contributed by atoms with Crippen LogP contribution in [0.25, 0.3) is 10.8 Å². The quantitative estimate of drug-likeness (QED) is 0.320. The largest absolute Gasteiger partial charge is 0.493 e. The van der Waals surface area contributed by atoms with Gasteiger partial charge < -0.3 is 9.47 Å². The molecular formula is C22H31ClO2. The highest BCUT2D eigenvalue weighted by atomic mass is 35.5. The van der Waals surface area contributed by atoms with Gasteiger partial charge in [0.05, 0.1) is 12.7 Å². The smallest absolute Gasteiger partial charge is 0.127 e. The molecule has 3 heteroatoms. The normalized spacial score (nSPS) is 11.2. The topological polar surface area (TPSA) is 18.5 Å². The molecule has 2 aromatic carbocycles. The third kappa shape index (κ3) is 6.43. The Kier molecular flexibility index (Phi) is 8.40. The van der Waals surface area contributed by atoms with Crippen LogP contribution in [0, 0.1) is 6.92 Å². The Morgan fingerprint density at radius 2 is 1.52 bits per heavy atom. The van der Waals surface area contributed by atoms with Gasteiger partial charge in [-0.1, -0.05) is 43.4 Å². The first-order valence-electron chi connectivity index (χ1n) is 9.50. The van der Waals surface area contributed by atoms with Crippen molar-refractivity contribution in [2.45, 2.75) is 65.4 Å². The van der Waals surface area contributed by atoms with Crippen molar-refractivity contribution in [2.24, 2.45) is 0 Å². The fourth-order valence-electron chi connectivity index (χ4n) is 2.98. The van der Waals surface area contributed by atoms with Crippen molar-refractivity contribution in [1.29, 1.82) is 0 Å². The van der Waals surface area contributed by atoms with Crippen LogP contribution in [0.2, 0.25) is 0 Å². The van der Waals surface area contributed by atoms with Gasteiger partial charge in [0.2, 0.25) is 0 Å². The third-order valence-corrected chi connectivity index (χ3v) is 4.51. The number of hydrogen-bond donors (Lipinski definition) is 0. The minimum absolute atomic E-state index is 0.162. The standard InChI is InChI=1S/C22H31ClO2/c1-17(2)25-22-13-12-21(20-16-18(3)10-11-19(20)22)24-15-9-7-5-4-6-8-14-23/h10-13,16-17H,4-9,14-15H2,1-3H3. The van der Waals surface area contributed by atoms with Crippen LogP contribution in [0.4, 0.5) is 0 Å². The summed E-state index contributed by atoms with van der Waals surface area (Å²) in [7, 11) is 0. The van der Waals surface area contributed by atoms with Crippen LogP contribution in [0.15, 0.2) is 30.3 Å². The van der Waals surface area contributed by atoms with Crippen LogP contribution in [0.5, 0.6) is 11.5 Å². The zero-order chi connectivity index (χ0) is 18.1. The highest BCUT2D eigenvalue weighted by Gasteiger charge is 2.09. The van der Waals surface area contributed by atoms with Crippen molar-refractivity contribution in [3.05, 3.63) is 35.9 Å². The zero-order valence-corrected chi connectivity index (χ0v) is 16.6. The van der Waals surface area contributed by atoms with E-state index < -0.39 is 0 Å². The summed E-state index contributed by atoms with van der Waals surface area (Å²) in [6, 6.07) is 10.5. The van der Waals surface area contributed by atoms with E-state index in [4.69, 9.17) is 21.1 Å². The number of benzene rings is 2.